The van der Waals surface area contributed by atoms with E-state index in [0.717, 1.165) is 24.0 Å². The molecule has 4 aliphatic carbocycles. The lowest BCUT2D eigenvalue weighted by molar-refractivity contribution is -0.369. The molecule has 9 atom stereocenters. The number of aliphatic hydroxyl groups excluding tert-OH is 1. The van der Waals surface area contributed by atoms with Crippen molar-refractivity contribution in [3.63, 3.8) is 0 Å². The number of ketones is 2. The third-order valence-corrected chi connectivity index (χ3v) is 10.7. The molecule has 0 amide bonds. The molecule has 2 heterocycles. The van der Waals surface area contributed by atoms with Gasteiger partial charge in [0.15, 0.2) is 11.6 Å². The SMILES string of the molecule is CC1C(O)C2(OC1(C)C)OC13CCC(C2C)C1(C)C=CC1=C3C=CC(=O)C1(C)CC1CC1=O. The molecule has 0 aromatic heterocycles. The van der Waals surface area contributed by atoms with Crippen molar-refractivity contribution in [3.8, 4) is 0 Å². The predicted molar refractivity (Wildman–Crippen MR) is 123 cm³/mol. The van der Waals surface area contributed by atoms with E-state index in [9.17, 15) is 14.7 Å². The van der Waals surface area contributed by atoms with Crippen LogP contribution in [-0.4, -0.2) is 39.8 Å². The number of ether oxygens (including phenoxy) is 2. The fraction of sp³-hybridized carbons (Fsp3) is 0.714. The number of hydrogen-bond acceptors (Lipinski definition) is 5. The van der Waals surface area contributed by atoms with Gasteiger partial charge in [-0.25, -0.2) is 0 Å². The summed E-state index contributed by atoms with van der Waals surface area (Å²) in [5, 5.41) is 11.5. The Morgan fingerprint density at radius 2 is 1.70 bits per heavy atom. The van der Waals surface area contributed by atoms with E-state index < -0.39 is 28.5 Å². The van der Waals surface area contributed by atoms with Gasteiger partial charge in [0, 0.05) is 29.6 Å². The van der Waals surface area contributed by atoms with Gasteiger partial charge in [-0.1, -0.05) is 39.0 Å². The van der Waals surface area contributed by atoms with Crippen LogP contribution >= 0.6 is 0 Å². The van der Waals surface area contributed by atoms with E-state index >= 15 is 0 Å². The minimum atomic E-state index is -1.08. The first-order valence-electron chi connectivity index (χ1n) is 12.6. The molecule has 1 spiro atoms. The van der Waals surface area contributed by atoms with Gasteiger partial charge < -0.3 is 14.6 Å². The Kier molecular flexibility index (Phi) is 4.10. The van der Waals surface area contributed by atoms with Gasteiger partial charge in [-0.05, 0) is 63.2 Å². The van der Waals surface area contributed by atoms with Gasteiger partial charge in [0.25, 0.3) is 0 Å². The number of rotatable bonds is 2. The van der Waals surface area contributed by atoms with Gasteiger partial charge in [-0.2, -0.15) is 0 Å². The average molecular weight is 453 g/mol. The molecule has 33 heavy (non-hydrogen) atoms. The van der Waals surface area contributed by atoms with Crippen LogP contribution in [0.5, 0.6) is 0 Å². The van der Waals surface area contributed by atoms with Crippen molar-refractivity contribution in [1.82, 2.24) is 0 Å². The summed E-state index contributed by atoms with van der Waals surface area (Å²) in [6.45, 7) is 12.5. The Balaban J connectivity index is 1.51. The van der Waals surface area contributed by atoms with E-state index in [1.165, 1.54) is 0 Å². The Morgan fingerprint density at radius 1 is 1.00 bits per heavy atom. The highest BCUT2D eigenvalue weighted by molar-refractivity contribution is 6.02. The minimum absolute atomic E-state index is 0.0185. The second kappa shape index (κ2) is 6.16. The summed E-state index contributed by atoms with van der Waals surface area (Å²) in [6.07, 6.45) is 10.3. The number of carbonyl (C=O) groups is 2. The third kappa shape index (κ3) is 2.39. The van der Waals surface area contributed by atoms with Crippen molar-refractivity contribution in [1.29, 1.82) is 0 Å². The summed E-state index contributed by atoms with van der Waals surface area (Å²) >= 11 is 0. The smallest absolute Gasteiger partial charge is 0.199 e. The number of aliphatic hydroxyl groups is 1. The number of allylic oxidation sites excluding steroid dienone is 3. The van der Waals surface area contributed by atoms with Crippen LogP contribution in [0.4, 0.5) is 0 Å². The Morgan fingerprint density at radius 3 is 2.30 bits per heavy atom. The summed E-state index contributed by atoms with van der Waals surface area (Å²) in [4.78, 5) is 25.1. The normalized spacial score (nSPS) is 53.6. The lowest BCUT2D eigenvalue weighted by Crippen LogP contribution is -2.67. The number of Topliss-reactive ketones (excluding diaryl/α,β-unsaturated/α-hetero) is 1. The van der Waals surface area contributed by atoms with E-state index in [0.29, 0.717) is 12.8 Å². The van der Waals surface area contributed by atoms with E-state index in [1.54, 1.807) is 6.08 Å². The molecule has 1 N–H and O–H groups in total. The zero-order chi connectivity index (χ0) is 23.8. The molecule has 6 rings (SSSR count). The Bertz CT molecular complexity index is 1070. The van der Waals surface area contributed by atoms with Crippen molar-refractivity contribution >= 4 is 11.6 Å². The molecule has 0 aromatic carbocycles. The van der Waals surface area contributed by atoms with Gasteiger partial charge >= 0.3 is 0 Å². The highest BCUT2D eigenvalue weighted by atomic mass is 16.7. The first-order chi connectivity index (χ1) is 15.3. The maximum Gasteiger partial charge on any atom is 0.199 e. The number of carbonyl (C=O) groups excluding carboxylic acids is 2. The first-order valence-corrected chi connectivity index (χ1v) is 12.6. The maximum absolute atomic E-state index is 13.2. The van der Waals surface area contributed by atoms with Gasteiger partial charge in [0.1, 0.15) is 17.5 Å². The minimum Gasteiger partial charge on any atom is -0.387 e. The summed E-state index contributed by atoms with van der Waals surface area (Å²) in [7, 11) is 0. The molecule has 2 aliphatic heterocycles. The van der Waals surface area contributed by atoms with Crippen molar-refractivity contribution in [3.05, 3.63) is 35.5 Å². The average Bonchev–Trinajstić information content (AvgIpc) is 3.32. The molecule has 4 fully saturated rings. The van der Waals surface area contributed by atoms with Crippen molar-refractivity contribution < 1.29 is 24.2 Å². The molecule has 178 valence electrons. The van der Waals surface area contributed by atoms with E-state index in [1.807, 2.05) is 33.8 Å². The van der Waals surface area contributed by atoms with Gasteiger partial charge in [-0.15, -0.1) is 0 Å². The van der Waals surface area contributed by atoms with Crippen molar-refractivity contribution in [2.75, 3.05) is 0 Å². The predicted octanol–water partition coefficient (Wildman–Crippen LogP) is 4.30. The molecule has 2 bridgehead atoms. The zero-order valence-electron chi connectivity index (χ0n) is 20.6. The van der Waals surface area contributed by atoms with Crippen molar-refractivity contribution in [2.24, 2.45) is 34.5 Å². The molecule has 5 nitrogen and oxygen atoms in total. The molecular formula is C28H36O5. The molecule has 2 saturated heterocycles. The van der Waals surface area contributed by atoms with Crippen LogP contribution in [0.3, 0.4) is 0 Å². The molecule has 0 radical (unpaired) electrons. The summed E-state index contributed by atoms with van der Waals surface area (Å²) < 4.78 is 13.9. The largest absolute Gasteiger partial charge is 0.387 e. The van der Waals surface area contributed by atoms with E-state index in [-0.39, 0.29) is 40.7 Å². The van der Waals surface area contributed by atoms with Gasteiger partial charge in [0.05, 0.1) is 11.0 Å². The molecular weight excluding hydrogens is 416 g/mol. The Labute approximate surface area is 196 Å². The van der Waals surface area contributed by atoms with Crippen LogP contribution < -0.4 is 0 Å². The fourth-order valence-corrected chi connectivity index (χ4v) is 8.10. The fourth-order valence-electron chi connectivity index (χ4n) is 8.10. The quantitative estimate of drug-likeness (QED) is 0.676. The first kappa shape index (κ1) is 21.9. The van der Waals surface area contributed by atoms with E-state index in [2.05, 4.69) is 26.0 Å². The standard InChI is InChI=1S/C28H36O5/c1-15-18-10-12-27(33-28(15)23(31)16(2)24(3,4)32-28)20-7-8-22(30)25(5,14-17-13-21(17)29)19(20)9-11-26(18,27)6/h7-9,11,15-18,23,31H,10,12-14H2,1-6H3. The lowest BCUT2D eigenvalue weighted by atomic mass is 9.54. The highest BCUT2D eigenvalue weighted by Crippen LogP contribution is 2.71. The molecule has 2 saturated carbocycles. The number of hydrogen-bond donors (Lipinski definition) is 1. The van der Waals surface area contributed by atoms with Gasteiger partial charge in [0.2, 0.25) is 0 Å². The van der Waals surface area contributed by atoms with Gasteiger partial charge in [-0.3, -0.25) is 9.59 Å². The summed E-state index contributed by atoms with van der Waals surface area (Å²) in [5.41, 5.74) is -0.120. The molecule has 0 aromatic rings. The topological polar surface area (TPSA) is 72.8 Å². The second-order valence-corrected chi connectivity index (χ2v) is 12.6. The third-order valence-electron chi connectivity index (χ3n) is 10.7. The van der Waals surface area contributed by atoms with E-state index in [4.69, 9.17) is 9.47 Å². The highest BCUT2D eigenvalue weighted by Gasteiger charge is 2.75. The Hall–Kier alpha value is -1.56. The van der Waals surface area contributed by atoms with Crippen LogP contribution in [0.15, 0.2) is 35.5 Å². The molecule has 5 heteroatoms. The second-order valence-electron chi connectivity index (χ2n) is 12.6. The van der Waals surface area contributed by atoms with Crippen molar-refractivity contribution in [2.45, 2.75) is 90.3 Å². The van der Waals surface area contributed by atoms with Crippen LogP contribution in [0.1, 0.15) is 67.2 Å². The van der Waals surface area contributed by atoms with Crippen LogP contribution in [0, 0.1) is 34.5 Å². The monoisotopic (exact) mass is 452 g/mol. The van der Waals surface area contributed by atoms with Crippen LogP contribution in [0.2, 0.25) is 0 Å². The van der Waals surface area contributed by atoms with Crippen LogP contribution in [0.25, 0.3) is 0 Å². The van der Waals surface area contributed by atoms with Crippen LogP contribution in [-0.2, 0) is 19.1 Å². The molecule has 6 aliphatic rings. The lowest BCUT2D eigenvalue weighted by Gasteiger charge is -2.60. The molecule has 9 unspecified atom stereocenters. The zero-order valence-corrected chi connectivity index (χ0v) is 20.6. The summed E-state index contributed by atoms with van der Waals surface area (Å²) in [6, 6.07) is 0. The summed E-state index contributed by atoms with van der Waals surface area (Å²) in [5.74, 6) is -0.540. The maximum atomic E-state index is 13.2.